The molecule has 1 aromatic heterocycles. The average Bonchev–Trinajstić information content (AvgIpc) is 2.65. The summed E-state index contributed by atoms with van der Waals surface area (Å²) in [5.41, 5.74) is 0.598. The van der Waals surface area contributed by atoms with E-state index in [0.29, 0.717) is 22.8 Å². The summed E-state index contributed by atoms with van der Waals surface area (Å²) in [6.07, 6.45) is -4.45. The second-order valence-corrected chi connectivity index (χ2v) is 6.00. The minimum absolute atomic E-state index is 0.0939. The number of carbonyl (C=O) groups is 1. The number of para-hydroxylation sites is 1. The first-order valence-electron chi connectivity index (χ1n) is 8.31. The zero-order valence-electron chi connectivity index (χ0n) is 15.0. The van der Waals surface area contributed by atoms with E-state index in [9.17, 15) is 18.0 Å². The van der Waals surface area contributed by atoms with Crippen LogP contribution < -0.4 is 10.1 Å². The Labute approximate surface area is 159 Å². The minimum Gasteiger partial charge on any atom is -0.424 e. The van der Waals surface area contributed by atoms with E-state index in [4.69, 9.17) is 4.74 Å². The Morgan fingerprint density at radius 1 is 0.929 bits per heavy atom. The molecule has 28 heavy (non-hydrogen) atoms. The number of rotatable bonds is 4. The molecule has 0 radical (unpaired) electrons. The van der Waals surface area contributed by atoms with Crippen LogP contribution in [0.15, 0.2) is 54.6 Å². The zero-order chi connectivity index (χ0) is 20.3. The van der Waals surface area contributed by atoms with Gasteiger partial charge >= 0.3 is 12.2 Å². The monoisotopic (exact) mass is 387 g/mol. The van der Waals surface area contributed by atoms with Crippen molar-refractivity contribution in [1.82, 2.24) is 9.97 Å². The van der Waals surface area contributed by atoms with Crippen molar-refractivity contribution in [3.63, 3.8) is 0 Å². The molecule has 0 unspecified atom stereocenters. The molecule has 5 nitrogen and oxygen atoms in total. The number of alkyl halides is 3. The summed E-state index contributed by atoms with van der Waals surface area (Å²) in [5, 5.41) is 2.64. The first-order chi connectivity index (χ1) is 13.2. The van der Waals surface area contributed by atoms with Gasteiger partial charge in [0.05, 0.1) is 22.6 Å². The van der Waals surface area contributed by atoms with Crippen LogP contribution in [0.3, 0.4) is 0 Å². The third kappa shape index (κ3) is 4.46. The molecule has 3 rings (SSSR count). The molecule has 0 bridgehead atoms. The van der Waals surface area contributed by atoms with Crippen LogP contribution >= 0.6 is 0 Å². The maximum Gasteiger partial charge on any atom is 0.416 e. The lowest BCUT2D eigenvalue weighted by Gasteiger charge is -2.13. The van der Waals surface area contributed by atoms with Crippen molar-refractivity contribution in [2.24, 2.45) is 0 Å². The smallest absolute Gasteiger partial charge is 0.416 e. The summed E-state index contributed by atoms with van der Waals surface area (Å²) >= 11 is 0. The van der Waals surface area contributed by atoms with Gasteiger partial charge in [0.1, 0.15) is 5.75 Å². The number of hydrogen-bond acceptors (Lipinski definition) is 4. The second kappa shape index (κ2) is 7.67. The molecule has 0 saturated heterocycles. The average molecular weight is 387 g/mol. The van der Waals surface area contributed by atoms with Crippen molar-refractivity contribution >= 4 is 11.6 Å². The standard InChI is InChI=1S/C20H16F3N3O2/c1-12-17(13(2)25-19(24-12)28-16-6-4-3-5-7-16)26-18(27)14-8-10-15(11-9-14)20(21,22)23/h3-11H,1-2H3,(H,26,27). The number of ether oxygens (including phenoxy) is 1. The Bertz CT molecular complexity index is 965. The number of halogens is 3. The molecule has 0 atom stereocenters. The largest absolute Gasteiger partial charge is 0.424 e. The van der Waals surface area contributed by atoms with Crippen molar-refractivity contribution in [3.8, 4) is 11.8 Å². The van der Waals surface area contributed by atoms with Crippen LogP contribution in [0.2, 0.25) is 0 Å². The summed E-state index contributed by atoms with van der Waals surface area (Å²) < 4.78 is 43.5. The van der Waals surface area contributed by atoms with Gasteiger partial charge in [0.15, 0.2) is 0 Å². The summed E-state index contributed by atoms with van der Waals surface area (Å²) in [4.78, 5) is 20.8. The molecule has 0 spiro atoms. The Morgan fingerprint density at radius 3 is 2.04 bits per heavy atom. The first kappa shape index (κ1) is 19.3. The molecule has 0 saturated carbocycles. The predicted molar refractivity (Wildman–Crippen MR) is 97.4 cm³/mol. The number of nitrogens with zero attached hydrogens (tertiary/aromatic N) is 2. The second-order valence-electron chi connectivity index (χ2n) is 6.00. The molecular weight excluding hydrogens is 371 g/mol. The van der Waals surface area contributed by atoms with Crippen LogP contribution in [0, 0.1) is 13.8 Å². The van der Waals surface area contributed by atoms with Crippen LogP contribution in [0.4, 0.5) is 18.9 Å². The molecule has 1 amide bonds. The van der Waals surface area contributed by atoms with E-state index in [2.05, 4.69) is 15.3 Å². The number of amides is 1. The Morgan fingerprint density at radius 2 is 1.50 bits per heavy atom. The topological polar surface area (TPSA) is 64.1 Å². The molecular formula is C20H16F3N3O2. The van der Waals surface area contributed by atoms with Crippen LogP contribution in [0.5, 0.6) is 11.8 Å². The zero-order valence-corrected chi connectivity index (χ0v) is 15.0. The molecule has 0 fully saturated rings. The minimum atomic E-state index is -4.45. The Kier molecular flexibility index (Phi) is 5.30. The van der Waals surface area contributed by atoms with Gasteiger partial charge in [0.2, 0.25) is 0 Å². The van der Waals surface area contributed by atoms with Gasteiger partial charge < -0.3 is 10.1 Å². The van der Waals surface area contributed by atoms with Gasteiger partial charge in [0, 0.05) is 5.56 Å². The number of hydrogen-bond donors (Lipinski definition) is 1. The van der Waals surface area contributed by atoms with E-state index < -0.39 is 17.6 Å². The van der Waals surface area contributed by atoms with Gasteiger partial charge in [-0.3, -0.25) is 4.79 Å². The fourth-order valence-corrected chi connectivity index (χ4v) is 2.50. The van der Waals surface area contributed by atoms with Gasteiger partial charge in [-0.15, -0.1) is 0 Å². The van der Waals surface area contributed by atoms with Crippen molar-refractivity contribution in [2.75, 3.05) is 5.32 Å². The van der Waals surface area contributed by atoms with E-state index in [-0.39, 0.29) is 11.6 Å². The Hall–Kier alpha value is -3.42. The molecule has 3 aromatic rings. The lowest BCUT2D eigenvalue weighted by atomic mass is 10.1. The van der Waals surface area contributed by atoms with Gasteiger partial charge in [-0.05, 0) is 50.2 Å². The van der Waals surface area contributed by atoms with Crippen molar-refractivity contribution in [2.45, 2.75) is 20.0 Å². The Balaban J connectivity index is 1.77. The highest BCUT2D eigenvalue weighted by Gasteiger charge is 2.30. The third-order valence-corrected chi connectivity index (χ3v) is 3.92. The maximum atomic E-state index is 12.6. The number of aryl methyl sites for hydroxylation is 2. The SMILES string of the molecule is Cc1nc(Oc2ccccc2)nc(C)c1NC(=O)c1ccc(C(F)(F)F)cc1. The van der Waals surface area contributed by atoms with Crippen molar-refractivity contribution < 1.29 is 22.7 Å². The quantitative estimate of drug-likeness (QED) is 0.672. The maximum absolute atomic E-state index is 12.6. The number of benzene rings is 2. The van der Waals surface area contributed by atoms with E-state index in [1.165, 1.54) is 0 Å². The van der Waals surface area contributed by atoms with E-state index >= 15 is 0 Å². The highest BCUT2D eigenvalue weighted by molar-refractivity contribution is 6.04. The lowest BCUT2D eigenvalue weighted by Crippen LogP contribution is -2.16. The molecule has 144 valence electrons. The first-order valence-corrected chi connectivity index (χ1v) is 8.31. The third-order valence-electron chi connectivity index (χ3n) is 3.92. The van der Waals surface area contributed by atoms with Gasteiger partial charge in [-0.25, -0.2) is 0 Å². The van der Waals surface area contributed by atoms with Crippen molar-refractivity contribution in [3.05, 3.63) is 77.1 Å². The normalized spacial score (nSPS) is 11.2. The van der Waals surface area contributed by atoms with Gasteiger partial charge in [-0.2, -0.15) is 23.1 Å². The van der Waals surface area contributed by atoms with Crippen molar-refractivity contribution in [1.29, 1.82) is 0 Å². The fraction of sp³-hybridized carbons (Fsp3) is 0.150. The molecule has 8 heteroatoms. The summed E-state index contributed by atoms with van der Waals surface area (Å²) in [6.45, 7) is 3.35. The van der Waals surface area contributed by atoms with E-state index in [0.717, 1.165) is 24.3 Å². The number of anilines is 1. The molecule has 1 heterocycles. The molecule has 0 aliphatic heterocycles. The molecule has 0 aliphatic rings. The summed E-state index contributed by atoms with van der Waals surface area (Å²) in [5.74, 6) is 0.0168. The fourth-order valence-electron chi connectivity index (χ4n) is 2.50. The molecule has 1 N–H and O–H groups in total. The van der Waals surface area contributed by atoms with Crippen LogP contribution in [0.25, 0.3) is 0 Å². The highest BCUT2D eigenvalue weighted by atomic mass is 19.4. The van der Waals surface area contributed by atoms with Crippen LogP contribution in [0.1, 0.15) is 27.3 Å². The van der Waals surface area contributed by atoms with Crippen LogP contribution in [-0.2, 0) is 6.18 Å². The predicted octanol–water partition coefficient (Wildman–Crippen LogP) is 5.16. The molecule has 2 aromatic carbocycles. The summed E-state index contributed by atoms with van der Waals surface area (Å²) in [6, 6.07) is 13.1. The number of carbonyl (C=O) groups excluding carboxylic acids is 1. The highest BCUT2D eigenvalue weighted by Crippen LogP contribution is 2.29. The molecule has 0 aliphatic carbocycles. The number of nitrogens with one attached hydrogen (secondary N) is 1. The van der Waals surface area contributed by atoms with E-state index in [1.54, 1.807) is 26.0 Å². The van der Waals surface area contributed by atoms with E-state index in [1.807, 2.05) is 18.2 Å². The number of aromatic nitrogens is 2. The van der Waals surface area contributed by atoms with Gasteiger partial charge in [0.25, 0.3) is 5.91 Å². The lowest BCUT2D eigenvalue weighted by molar-refractivity contribution is -0.137. The van der Waals surface area contributed by atoms with Gasteiger partial charge in [-0.1, -0.05) is 18.2 Å². The summed E-state index contributed by atoms with van der Waals surface area (Å²) in [7, 11) is 0. The van der Waals surface area contributed by atoms with Crippen LogP contribution in [-0.4, -0.2) is 15.9 Å².